The molecule has 1 aromatic heterocycles. The lowest BCUT2D eigenvalue weighted by molar-refractivity contribution is -0.0403. The van der Waals surface area contributed by atoms with Gasteiger partial charge in [-0.2, -0.15) is 0 Å². The van der Waals surface area contributed by atoms with E-state index in [-0.39, 0.29) is 0 Å². The molecule has 0 unspecified atom stereocenters. The fourth-order valence-corrected chi connectivity index (χ4v) is 1.91. The average molecular weight is 167 g/mol. The van der Waals surface area contributed by atoms with Crippen LogP contribution in [-0.2, 0) is 5.60 Å². The molecule has 3 nitrogen and oxygen atoms in total. The summed E-state index contributed by atoms with van der Waals surface area (Å²) in [5.74, 6) is 0.759. The number of hydrogen-bond donors (Lipinski definition) is 1. The first-order chi connectivity index (χ1) is 5.63. The lowest BCUT2D eigenvalue weighted by Gasteiger charge is -2.36. The second-order valence-electron chi connectivity index (χ2n) is 3.58. The highest BCUT2D eigenvalue weighted by Crippen LogP contribution is 2.43. The zero-order valence-electron chi connectivity index (χ0n) is 7.42. The van der Waals surface area contributed by atoms with Crippen molar-refractivity contribution >= 4 is 0 Å². The number of hydrogen-bond acceptors (Lipinski definition) is 3. The minimum Gasteiger partial charge on any atom is -0.385 e. The molecule has 1 aliphatic rings. The molecule has 2 rings (SSSR count). The Balaban J connectivity index is 2.44. The Labute approximate surface area is 71.4 Å². The molecule has 0 amide bonds. The molecule has 0 atom stereocenters. The van der Waals surface area contributed by atoms with E-state index in [0.29, 0.717) is 0 Å². The number of aromatic nitrogens is 1. The quantitative estimate of drug-likeness (QED) is 0.692. The van der Waals surface area contributed by atoms with E-state index < -0.39 is 5.60 Å². The summed E-state index contributed by atoms with van der Waals surface area (Å²) >= 11 is 0. The molecule has 0 radical (unpaired) electrons. The first-order valence-electron chi connectivity index (χ1n) is 4.29. The van der Waals surface area contributed by atoms with Gasteiger partial charge in [0, 0.05) is 5.56 Å². The van der Waals surface area contributed by atoms with E-state index in [9.17, 15) is 5.11 Å². The first-order valence-corrected chi connectivity index (χ1v) is 4.29. The van der Waals surface area contributed by atoms with Gasteiger partial charge in [-0.05, 0) is 33.1 Å². The lowest BCUT2D eigenvalue weighted by Crippen LogP contribution is -2.34. The normalized spacial score (nSPS) is 20.6. The van der Waals surface area contributed by atoms with Gasteiger partial charge < -0.3 is 9.63 Å². The van der Waals surface area contributed by atoms with E-state index in [1.165, 1.54) is 0 Å². The van der Waals surface area contributed by atoms with Crippen molar-refractivity contribution in [2.45, 2.75) is 38.7 Å². The number of rotatable bonds is 1. The van der Waals surface area contributed by atoms with Crippen molar-refractivity contribution in [2.24, 2.45) is 0 Å². The van der Waals surface area contributed by atoms with Gasteiger partial charge in [-0.25, -0.2) is 0 Å². The summed E-state index contributed by atoms with van der Waals surface area (Å²) in [4.78, 5) is 0. The topological polar surface area (TPSA) is 46.3 Å². The van der Waals surface area contributed by atoms with Crippen LogP contribution in [0.15, 0.2) is 4.52 Å². The summed E-state index contributed by atoms with van der Waals surface area (Å²) in [7, 11) is 0. The second-order valence-corrected chi connectivity index (χ2v) is 3.58. The Bertz CT molecular complexity index is 280. The molecular weight excluding hydrogens is 154 g/mol. The zero-order chi connectivity index (χ0) is 8.77. The van der Waals surface area contributed by atoms with Crippen LogP contribution in [0.2, 0.25) is 0 Å². The number of aliphatic hydroxyl groups is 1. The van der Waals surface area contributed by atoms with Crippen LogP contribution < -0.4 is 0 Å². The SMILES string of the molecule is Cc1noc(C)c1C1(O)CCC1. The van der Waals surface area contributed by atoms with Crippen LogP contribution in [0.1, 0.15) is 36.3 Å². The summed E-state index contributed by atoms with van der Waals surface area (Å²) < 4.78 is 5.01. The van der Waals surface area contributed by atoms with Crippen LogP contribution in [0.4, 0.5) is 0 Å². The molecule has 1 aliphatic carbocycles. The molecule has 0 aromatic carbocycles. The highest BCUT2D eigenvalue weighted by Gasteiger charge is 2.40. The predicted molar refractivity (Wildman–Crippen MR) is 43.7 cm³/mol. The van der Waals surface area contributed by atoms with Gasteiger partial charge in [0.1, 0.15) is 5.76 Å². The van der Waals surface area contributed by atoms with Crippen molar-refractivity contribution in [3.8, 4) is 0 Å². The van der Waals surface area contributed by atoms with Crippen molar-refractivity contribution in [1.29, 1.82) is 0 Å². The fourth-order valence-electron chi connectivity index (χ4n) is 1.91. The van der Waals surface area contributed by atoms with E-state index >= 15 is 0 Å². The summed E-state index contributed by atoms with van der Waals surface area (Å²) in [6.45, 7) is 3.73. The first kappa shape index (κ1) is 7.80. The van der Waals surface area contributed by atoms with Gasteiger partial charge in [0.2, 0.25) is 0 Å². The molecule has 0 spiro atoms. The molecule has 66 valence electrons. The highest BCUT2D eigenvalue weighted by molar-refractivity contribution is 5.30. The van der Waals surface area contributed by atoms with E-state index in [0.717, 1.165) is 36.3 Å². The van der Waals surface area contributed by atoms with E-state index in [2.05, 4.69) is 5.16 Å². The molecule has 3 heteroatoms. The summed E-state index contributed by atoms with van der Waals surface area (Å²) in [6.07, 6.45) is 2.78. The fraction of sp³-hybridized carbons (Fsp3) is 0.667. The molecule has 0 bridgehead atoms. The van der Waals surface area contributed by atoms with Gasteiger partial charge in [-0.15, -0.1) is 0 Å². The molecule has 12 heavy (non-hydrogen) atoms. The van der Waals surface area contributed by atoms with Crippen molar-refractivity contribution in [2.75, 3.05) is 0 Å². The van der Waals surface area contributed by atoms with Crippen molar-refractivity contribution in [3.05, 3.63) is 17.0 Å². The van der Waals surface area contributed by atoms with Crippen LogP contribution >= 0.6 is 0 Å². The van der Waals surface area contributed by atoms with Gasteiger partial charge in [0.05, 0.1) is 11.3 Å². The molecule has 0 aliphatic heterocycles. The predicted octanol–water partition coefficient (Wildman–Crippen LogP) is 1.66. The van der Waals surface area contributed by atoms with Crippen LogP contribution in [0.5, 0.6) is 0 Å². The Morgan fingerprint density at radius 3 is 2.42 bits per heavy atom. The maximum Gasteiger partial charge on any atom is 0.140 e. The zero-order valence-corrected chi connectivity index (χ0v) is 7.42. The van der Waals surface area contributed by atoms with Crippen LogP contribution in [0, 0.1) is 13.8 Å². The summed E-state index contributed by atoms with van der Waals surface area (Å²) in [6, 6.07) is 0. The summed E-state index contributed by atoms with van der Waals surface area (Å²) in [5.41, 5.74) is 1.11. The van der Waals surface area contributed by atoms with E-state index in [4.69, 9.17) is 4.52 Å². The van der Waals surface area contributed by atoms with Crippen LogP contribution in [0.3, 0.4) is 0 Å². The van der Waals surface area contributed by atoms with Gasteiger partial charge in [0.15, 0.2) is 0 Å². The molecule has 0 saturated heterocycles. The van der Waals surface area contributed by atoms with Crippen molar-refractivity contribution in [1.82, 2.24) is 5.16 Å². The highest BCUT2D eigenvalue weighted by atomic mass is 16.5. The van der Waals surface area contributed by atoms with Gasteiger partial charge in [-0.3, -0.25) is 0 Å². The number of aryl methyl sites for hydroxylation is 2. The Kier molecular flexibility index (Phi) is 1.51. The largest absolute Gasteiger partial charge is 0.385 e. The van der Waals surface area contributed by atoms with Crippen LogP contribution in [0.25, 0.3) is 0 Å². The third-order valence-corrected chi connectivity index (χ3v) is 2.68. The van der Waals surface area contributed by atoms with Gasteiger partial charge in [-0.1, -0.05) is 5.16 Å². The van der Waals surface area contributed by atoms with E-state index in [1.54, 1.807) is 0 Å². The third kappa shape index (κ3) is 0.894. The second kappa shape index (κ2) is 2.33. The Morgan fingerprint density at radius 2 is 2.08 bits per heavy atom. The van der Waals surface area contributed by atoms with Crippen LogP contribution in [-0.4, -0.2) is 10.3 Å². The number of nitrogens with zero attached hydrogens (tertiary/aromatic N) is 1. The Hall–Kier alpha value is -0.830. The molecule has 1 heterocycles. The maximum absolute atomic E-state index is 10.0. The van der Waals surface area contributed by atoms with Gasteiger partial charge in [0.25, 0.3) is 0 Å². The van der Waals surface area contributed by atoms with Gasteiger partial charge >= 0.3 is 0 Å². The molecule has 1 aromatic rings. The van der Waals surface area contributed by atoms with Crippen molar-refractivity contribution < 1.29 is 9.63 Å². The third-order valence-electron chi connectivity index (χ3n) is 2.68. The molecule has 1 fully saturated rings. The minimum atomic E-state index is -0.631. The standard InChI is InChI=1S/C9H13NO2/c1-6-8(7(2)12-10-6)9(11)4-3-5-9/h11H,3-5H2,1-2H3. The molecule has 1 saturated carbocycles. The lowest BCUT2D eigenvalue weighted by atomic mass is 9.74. The summed E-state index contributed by atoms with van der Waals surface area (Å²) in [5, 5.41) is 13.9. The van der Waals surface area contributed by atoms with E-state index in [1.807, 2.05) is 13.8 Å². The average Bonchev–Trinajstić information content (AvgIpc) is 2.27. The monoisotopic (exact) mass is 167 g/mol. The maximum atomic E-state index is 10.0. The smallest absolute Gasteiger partial charge is 0.140 e. The van der Waals surface area contributed by atoms with Crippen molar-refractivity contribution in [3.63, 3.8) is 0 Å². The minimum absolute atomic E-state index is 0.631. The molecular formula is C9H13NO2. The molecule has 1 N–H and O–H groups in total. The Morgan fingerprint density at radius 1 is 1.42 bits per heavy atom.